The first-order valence-corrected chi connectivity index (χ1v) is 7.40. The molecule has 1 saturated carbocycles. The molecular formula is C17H22O4. The molecule has 0 amide bonds. The first kappa shape index (κ1) is 15.5. The quantitative estimate of drug-likeness (QED) is 0.628. The Morgan fingerprint density at radius 3 is 2.33 bits per heavy atom. The molecule has 0 aliphatic heterocycles. The average molecular weight is 290 g/mol. The number of rotatable bonds is 3. The summed E-state index contributed by atoms with van der Waals surface area (Å²) in [6.07, 6.45) is 4.01. The normalized spacial score (nSPS) is 15.8. The van der Waals surface area contributed by atoms with Gasteiger partial charge in [-0.1, -0.05) is 12.1 Å². The Morgan fingerprint density at radius 2 is 1.71 bits per heavy atom. The molecule has 1 fully saturated rings. The Hall–Kier alpha value is -1.84. The van der Waals surface area contributed by atoms with Crippen molar-refractivity contribution in [1.82, 2.24) is 0 Å². The zero-order chi connectivity index (χ0) is 15.5. The van der Waals surface area contributed by atoms with Crippen molar-refractivity contribution in [3.05, 3.63) is 29.8 Å². The van der Waals surface area contributed by atoms with Gasteiger partial charge in [-0.05, 0) is 58.6 Å². The van der Waals surface area contributed by atoms with Crippen LogP contribution >= 0.6 is 0 Å². The highest BCUT2D eigenvalue weighted by Gasteiger charge is 2.27. The molecule has 0 radical (unpaired) electrons. The summed E-state index contributed by atoms with van der Waals surface area (Å²) in [6.45, 7) is 5.32. The van der Waals surface area contributed by atoms with Crippen molar-refractivity contribution in [2.24, 2.45) is 5.41 Å². The van der Waals surface area contributed by atoms with Crippen LogP contribution in [0.5, 0.6) is 5.75 Å². The molecule has 114 valence electrons. The third-order valence-electron chi connectivity index (χ3n) is 3.50. The van der Waals surface area contributed by atoms with Crippen LogP contribution in [0, 0.1) is 5.41 Å². The lowest BCUT2D eigenvalue weighted by Crippen LogP contribution is -2.26. The summed E-state index contributed by atoms with van der Waals surface area (Å²) in [5, 5.41) is 0. The molecule has 1 aromatic carbocycles. The summed E-state index contributed by atoms with van der Waals surface area (Å²) in [5.41, 5.74) is -0.315. The number of hydrogen-bond donors (Lipinski definition) is 0. The minimum Gasteiger partial charge on any atom is -0.459 e. The van der Waals surface area contributed by atoms with Gasteiger partial charge in [0.1, 0.15) is 17.4 Å². The van der Waals surface area contributed by atoms with E-state index in [1.807, 2.05) is 0 Å². The van der Waals surface area contributed by atoms with Gasteiger partial charge in [0.2, 0.25) is 0 Å². The highest BCUT2D eigenvalue weighted by molar-refractivity contribution is 5.93. The number of esters is 2. The van der Waals surface area contributed by atoms with Crippen LogP contribution in [0.3, 0.4) is 0 Å². The minimum atomic E-state index is -0.623. The third-order valence-corrected chi connectivity index (χ3v) is 3.50. The van der Waals surface area contributed by atoms with Crippen LogP contribution in [0.25, 0.3) is 0 Å². The first-order chi connectivity index (χ1) is 9.88. The lowest BCUT2D eigenvalue weighted by molar-refractivity contribution is -0.143. The molecule has 0 heterocycles. The largest absolute Gasteiger partial charge is 0.459 e. The lowest BCUT2D eigenvalue weighted by atomic mass is 9.97. The second-order valence-electron chi connectivity index (χ2n) is 6.45. The highest BCUT2D eigenvalue weighted by atomic mass is 16.6. The van der Waals surface area contributed by atoms with Gasteiger partial charge in [0.05, 0.1) is 5.41 Å². The molecule has 0 saturated heterocycles. The van der Waals surface area contributed by atoms with E-state index in [-0.39, 0.29) is 17.8 Å². The summed E-state index contributed by atoms with van der Waals surface area (Å²) in [7, 11) is 0. The van der Waals surface area contributed by atoms with E-state index >= 15 is 0 Å². The molecule has 1 aromatic rings. The Bertz CT molecular complexity index is 522. The third kappa shape index (κ3) is 4.06. The van der Waals surface area contributed by atoms with Gasteiger partial charge in [-0.15, -0.1) is 0 Å². The molecule has 0 N–H and O–H groups in total. The molecule has 0 unspecified atom stereocenters. The average Bonchev–Trinajstić information content (AvgIpc) is 2.91. The second kappa shape index (κ2) is 6.29. The number of benzene rings is 1. The van der Waals surface area contributed by atoms with Gasteiger partial charge in [-0.25, -0.2) is 4.79 Å². The van der Waals surface area contributed by atoms with Crippen LogP contribution in [0.2, 0.25) is 0 Å². The maximum Gasteiger partial charge on any atom is 0.342 e. The predicted molar refractivity (Wildman–Crippen MR) is 79.2 cm³/mol. The summed E-state index contributed by atoms with van der Waals surface area (Å²) in [6, 6.07) is 6.72. The molecule has 0 bridgehead atoms. The van der Waals surface area contributed by atoms with Crippen molar-refractivity contribution in [2.75, 3.05) is 0 Å². The molecule has 0 atom stereocenters. The predicted octanol–water partition coefficient (Wildman–Crippen LogP) is 3.74. The van der Waals surface area contributed by atoms with Gasteiger partial charge in [0, 0.05) is 0 Å². The summed E-state index contributed by atoms with van der Waals surface area (Å²) in [5.74, 6) is -0.525. The second-order valence-corrected chi connectivity index (χ2v) is 6.45. The van der Waals surface area contributed by atoms with Crippen LogP contribution in [0.1, 0.15) is 56.8 Å². The molecule has 0 aromatic heterocycles. The van der Waals surface area contributed by atoms with E-state index in [1.165, 1.54) is 0 Å². The summed E-state index contributed by atoms with van der Waals surface area (Å²) in [4.78, 5) is 24.2. The van der Waals surface area contributed by atoms with Crippen molar-refractivity contribution in [3.63, 3.8) is 0 Å². The Morgan fingerprint density at radius 1 is 1.10 bits per heavy atom. The zero-order valence-electron chi connectivity index (χ0n) is 12.8. The maximum atomic E-state index is 12.2. The van der Waals surface area contributed by atoms with E-state index in [4.69, 9.17) is 9.47 Å². The van der Waals surface area contributed by atoms with E-state index in [0.717, 1.165) is 25.7 Å². The zero-order valence-corrected chi connectivity index (χ0v) is 12.8. The summed E-state index contributed by atoms with van der Waals surface area (Å²) < 4.78 is 10.8. The number of ether oxygens (including phenoxy) is 2. The van der Waals surface area contributed by atoms with Crippen molar-refractivity contribution in [2.45, 2.75) is 52.6 Å². The molecule has 2 rings (SSSR count). The Kier molecular flexibility index (Phi) is 4.66. The molecular weight excluding hydrogens is 268 g/mol. The molecule has 0 spiro atoms. The van der Waals surface area contributed by atoms with E-state index in [1.54, 1.807) is 45.0 Å². The molecule has 4 heteroatoms. The number of hydrogen-bond acceptors (Lipinski definition) is 4. The van der Waals surface area contributed by atoms with Crippen LogP contribution in [0.4, 0.5) is 0 Å². The van der Waals surface area contributed by atoms with E-state index < -0.39 is 11.4 Å². The van der Waals surface area contributed by atoms with Crippen molar-refractivity contribution in [1.29, 1.82) is 0 Å². The number of para-hydroxylation sites is 1. The fourth-order valence-electron chi connectivity index (χ4n) is 2.20. The minimum absolute atomic E-state index is 0.0103. The monoisotopic (exact) mass is 290 g/mol. The lowest BCUT2D eigenvalue weighted by Gasteiger charge is -2.18. The summed E-state index contributed by atoms with van der Waals surface area (Å²) >= 11 is 0. The molecule has 4 nitrogen and oxygen atoms in total. The van der Waals surface area contributed by atoms with Crippen LogP contribution in [-0.2, 0) is 9.53 Å². The van der Waals surface area contributed by atoms with Gasteiger partial charge in [-0.2, -0.15) is 0 Å². The highest BCUT2D eigenvalue weighted by Crippen LogP contribution is 2.26. The van der Waals surface area contributed by atoms with Gasteiger partial charge in [-0.3, -0.25) is 4.79 Å². The molecule has 21 heavy (non-hydrogen) atoms. The van der Waals surface area contributed by atoms with Gasteiger partial charge in [0.15, 0.2) is 0 Å². The fourth-order valence-corrected chi connectivity index (χ4v) is 2.20. The SMILES string of the molecule is CC(C)(C)C(=O)Oc1ccccc1C(=O)OC1CCCC1. The van der Waals surface area contributed by atoms with Crippen LogP contribution in [-0.4, -0.2) is 18.0 Å². The van der Waals surface area contributed by atoms with E-state index in [9.17, 15) is 9.59 Å². The van der Waals surface area contributed by atoms with Crippen LogP contribution < -0.4 is 4.74 Å². The topological polar surface area (TPSA) is 52.6 Å². The van der Waals surface area contributed by atoms with Crippen molar-refractivity contribution >= 4 is 11.9 Å². The van der Waals surface area contributed by atoms with E-state index in [2.05, 4.69) is 0 Å². The number of carbonyl (C=O) groups excluding carboxylic acids is 2. The van der Waals surface area contributed by atoms with Gasteiger partial charge >= 0.3 is 11.9 Å². The Labute approximate surface area is 125 Å². The maximum absolute atomic E-state index is 12.2. The number of carbonyl (C=O) groups is 2. The molecule has 1 aliphatic carbocycles. The Balaban J connectivity index is 2.12. The van der Waals surface area contributed by atoms with E-state index in [0.29, 0.717) is 5.56 Å². The van der Waals surface area contributed by atoms with Crippen molar-refractivity contribution in [3.8, 4) is 5.75 Å². The van der Waals surface area contributed by atoms with Crippen LogP contribution in [0.15, 0.2) is 24.3 Å². The fraction of sp³-hybridized carbons (Fsp3) is 0.529. The molecule has 1 aliphatic rings. The van der Waals surface area contributed by atoms with Crippen molar-refractivity contribution < 1.29 is 19.1 Å². The standard InChI is InChI=1S/C17H22O4/c1-17(2,3)16(19)21-14-11-7-6-10-13(14)15(18)20-12-8-4-5-9-12/h6-7,10-12H,4-5,8-9H2,1-3H3. The van der Waals surface area contributed by atoms with Gasteiger partial charge in [0.25, 0.3) is 0 Å². The smallest absolute Gasteiger partial charge is 0.342 e. The first-order valence-electron chi connectivity index (χ1n) is 7.40. The van der Waals surface area contributed by atoms with Gasteiger partial charge < -0.3 is 9.47 Å².